The summed E-state index contributed by atoms with van der Waals surface area (Å²) in [5.41, 5.74) is 0.367. The lowest BCUT2D eigenvalue weighted by molar-refractivity contribution is -0.120. The van der Waals surface area contributed by atoms with E-state index in [1.807, 2.05) is 17.0 Å². The summed E-state index contributed by atoms with van der Waals surface area (Å²) < 4.78 is 6.37. The predicted molar refractivity (Wildman–Crippen MR) is 99.1 cm³/mol. The standard InChI is InChI=1S/C17H16N6O3S/c1-26-17(25)12-3-6-27-16(12)21-15(24)11-8-22(9-11)13-7-14(19-10-18-13)23-5-2-4-20-23/h2-7,10-11H,8-9H2,1H3,(H,21,24). The summed E-state index contributed by atoms with van der Waals surface area (Å²) in [7, 11) is 1.31. The number of amides is 1. The van der Waals surface area contributed by atoms with Gasteiger partial charge in [0.1, 0.15) is 17.1 Å². The number of carbonyl (C=O) groups excluding carboxylic acids is 2. The number of thiophene rings is 1. The molecule has 0 bridgehead atoms. The molecule has 0 spiro atoms. The molecule has 1 amide bonds. The van der Waals surface area contributed by atoms with Gasteiger partial charge in [-0.2, -0.15) is 5.10 Å². The number of carbonyl (C=O) groups is 2. The first-order chi connectivity index (χ1) is 13.2. The quantitative estimate of drug-likeness (QED) is 0.666. The average molecular weight is 384 g/mol. The maximum Gasteiger partial charge on any atom is 0.340 e. The number of rotatable bonds is 5. The van der Waals surface area contributed by atoms with E-state index in [4.69, 9.17) is 4.74 Å². The van der Waals surface area contributed by atoms with Crippen LogP contribution in [-0.4, -0.2) is 51.8 Å². The summed E-state index contributed by atoms with van der Waals surface area (Å²) >= 11 is 1.29. The van der Waals surface area contributed by atoms with E-state index in [-0.39, 0.29) is 11.8 Å². The molecule has 0 unspecified atom stereocenters. The Morgan fingerprint density at radius 1 is 1.30 bits per heavy atom. The van der Waals surface area contributed by atoms with Crippen LogP contribution in [0.25, 0.3) is 5.82 Å². The summed E-state index contributed by atoms with van der Waals surface area (Å²) in [4.78, 5) is 34.6. The number of esters is 1. The Balaban J connectivity index is 1.38. The van der Waals surface area contributed by atoms with Crippen LogP contribution >= 0.6 is 11.3 Å². The largest absolute Gasteiger partial charge is 0.465 e. The van der Waals surface area contributed by atoms with E-state index in [1.165, 1.54) is 24.8 Å². The third-order valence-electron chi connectivity index (χ3n) is 4.26. The van der Waals surface area contributed by atoms with Gasteiger partial charge in [-0.1, -0.05) is 0 Å². The van der Waals surface area contributed by atoms with Crippen LogP contribution in [0.2, 0.25) is 0 Å². The molecule has 0 radical (unpaired) electrons. The molecule has 0 saturated carbocycles. The van der Waals surface area contributed by atoms with E-state index >= 15 is 0 Å². The van der Waals surface area contributed by atoms with E-state index in [0.717, 1.165) is 5.82 Å². The average Bonchev–Trinajstić information content (AvgIpc) is 3.32. The monoisotopic (exact) mass is 384 g/mol. The highest BCUT2D eigenvalue weighted by molar-refractivity contribution is 7.14. The fourth-order valence-electron chi connectivity index (χ4n) is 2.76. The predicted octanol–water partition coefficient (Wildman–Crippen LogP) is 1.59. The topological polar surface area (TPSA) is 102 Å². The van der Waals surface area contributed by atoms with Crippen LogP contribution in [0.4, 0.5) is 10.8 Å². The van der Waals surface area contributed by atoms with Crippen LogP contribution in [-0.2, 0) is 9.53 Å². The molecule has 138 valence electrons. The molecule has 10 heteroatoms. The Kier molecular flexibility index (Phi) is 4.55. The van der Waals surface area contributed by atoms with Gasteiger partial charge in [-0.15, -0.1) is 11.3 Å². The van der Waals surface area contributed by atoms with Gasteiger partial charge in [0.25, 0.3) is 0 Å². The van der Waals surface area contributed by atoms with Gasteiger partial charge in [0.2, 0.25) is 5.91 Å². The Bertz CT molecular complexity index is 965. The SMILES string of the molecule is COC(=O)c1ccsc1NC(=O)C1CN(c2cc(-n3cccn3)ncn2)C1. The molecule has 4 rings (SSSR count). The molecule has 3 aromatic rings. The van der Waals surface area contributed by atoms with Crippen LogP contribution in [0.3, 0.4) is 0 Å². The number of methoxy groups -OCH3 is 1. The van der Waals surface area contributed by atoms with E-state index in [0.29, 0.717) is 29.5 Å². The Morgan fingerprint density at radius 2 is 2.11 bits per heavy atom. The highest BCUT2D eigenvalue weighted by atomic mass is 32.1. The first kappa shape index (κ1) is 17.2. The van der Waals surface area contributed by atoms with Crippen LogP contribution in [0, 0.1) is 5.92 Å². The van der Waals surface area contributed by atoms with Crippen molar-refractivity contribution < 1.29 is 14.3 Å². The van der Waals surface area contributed by atoms with E-state index in [9.17, 15) is 9.59 Å². The number of anilines is 2. The molecule has 1 aliphatic rings. The van der Waals surface area contributed by atoms with Crippen molar-refractivity contribution in [2.45, 2.75) is 0 Å². The zero-order valence-corrected chi connectivity index (χ0v) is 15.2. The summed E-state index contributed by atoms with van der Waals surface area (Å²) in [6, 6.07) is 5.28. The van der Waals surface area contributed by atoms with Crippen molar-refractivity contribution in [1.29, 1.82) is 0 Å². The molecule has 3 aromatic heterocycles. The third kappa shape index (κ3) is 3.38. The minimum Gasteiger partial charge on any atom is -0.465 e. The van der Waals surface area contributed by atoms with Crippen LogP contribution in [0.1, 0.15) is 10.4 Å². The van der Waals surface area contributed by atoms with E-state index < -0.39 is 5.97 Å². The van der Waals surface area contributed by atoms with E-state index in [2.05, 4.69) is 20.4 Å². The molecular formula is C17H16N6O3S. The number of aromatic nitrogens is 4. The molecular weight excluding hydrogens is 368 g/mol. The number of ether oxygens (including phenoxy) is 1. The Morgan fingerprint density at radius 3 is 2.85 bits per heavy atom. The fourth-order valence-corrected chi connectivity index (χ4v) is 3.54. The number of hydrogen-bond acceptors (Lipinski definition) is 8. The molecule has 1 aliphatic heterocycles. The zero-order chi connectivity index (χ0) is 18.8. The lowest BCUT2D eigenvalue weighted by Crippen LogP contribution is -2.52. The zero-order valence-electron chi connectivity index (χ0n) is 14.4. The highest BCUT2D eigenvalue weighted by Gasteiger charge is 2.34. The maximum absolute atomic E-state index is 12.5. The minimum absolute atomic E-state index is 0.125. The first-order valence-electron chi connectivity index (χ1n) is 8.19. The summed E-state index contributed by atoms with van der Waals surface area (Å²) in [5.74, 6) is 0.639. The fraction of sp³-hybridized carbons (Fsp3) is 0.235. The first-order valence-corrected chi connectivity index (χ1v) is 9.07. The lowest BCUT2D eigenvalue weighted by Gasteiger charge is -2.39. The maximum atomic E-state index is 12.5. The minimum atomic E-state index is -0.464. The summed E-state index contributed by atoms with van der Waals surface area (Å²) in [5, 5.41) is 9.22. The van der Waals surface area contributed by atoms with Gasteiger partial charge in [-0.3, -0.25) is 4.79 Å². The van der Waals surface area contributed by atoms with Gasteiger partial charge < -0.3 is 15.0 Å². The Hall–Kier alpha value is -3.27. The molecule has 0 aliphatic carbocycles. The van der Waals surface area contributed by atoms with Crippen molar-refractivity contribution in [2.24, 2.45) is 5.92 Å². The molecule has 4 heterocycles. The van der Waals surface area contributed by atoms with Gasteiger partial charge in [0.05, 0.1) is 18.6 Å². The van der Waals surface area contributed by atoms with Crippen LogP contribution < -0.4 is 10.2 Å². The second-order valence-electron chi connectivity index (χ2n) is 5.93. The molecule has 0 atom stereocenters. The number of nitrogens with one attached hydrogen (secondary N) is 1. The third-order valence-corrected chi connectivity index (χ3v) is 5.09. The van der Waals surface area contributed by atoms with Crippen molar-refractivity contribution in [3.05, 3.63) is 47.9 Å². The molecule has 9 nitrogen and oxygen atoms in total. The van der Waals surface area contributed by atoms with Crippen molar-refractivity contribution in [2.75, 3.05) is 30.4 Å². The normalized spacial score (nSPS) is 13.9. The van der Waals surface area contributed by atoms with Gasteiger partial charge >= 0.3 is 5.97 Å². The second kappa shape index (κ2) is 7.16. The summed E-state index contributed by atoms with van der Waals surface area (Å²) in [6.07, 6.45) is 4.96. The van der Waals surface area contributed by atoms with Crippen molar-refractivity contribution >= 4 is 34.0 Å². The van der Waals surface area contributed by atoms with Crippen molar-refractivity contribution in [3.8, 4) is 5.82 Å². The second-order valence-corrected chi connectivity index (χ2v) is 6.85. The lowest BCUT2D eigenvalue weighted by atomic mass is 9.99. The van der Waals surface area contributed by atoms with Gasteiger partial charge in [-0.25, -0.2) is 19.4 Å². The molecule has 1 N–H and O–H groups in total. The molecule has 0 aromatic carbocycles. The van der Waals surface area contributed by atoms with Crippen molar-refractivity contribution in [1.82, 2.24) is 19.7 Å². The number of hydrogen-bond donors (Lipinski definition) is 1. The van der Waals surface area contributed by atoms with Gasteiger partial charge in [0.15, 0.2) is 5.82 Å². The molecule has 1 saturated heterocycles. The van der Waals surface area contributed by atoms with Crippen LogP contribution in [0.5, 0.6) is 0 Å². The molecule has 1 fully saturated rings. The molecule has 27 heavy (non-hydrogen) atoms. The van der Waals surface area contributed by atoms with Crippen molar-refractivity contribution in [3.63, 3.8) is 0 Å². The van der Waals surface area contributed by atoms with Gasteiger partial charge in [0, 0.05) is 31.5 Å². The summed E-state index contributed by atoms with van der Waals surface area (Å²) in [6.45, 7) is 1.08. The highest BCUT2D eigenvalue weighted by Crippen LogP contribution is 2.28. The number of nitrogens with zero attached hydrogens (tertiary/aromatic N) is 5. The Labute approximate surface area is 158 Å². The van der Waals surface area contributed by atoms with E-state index in [1.54, 1.807) is 28.5 Å². The van der Waals surface area contributed by atoms with Crippen LogP contribution in [0.15, 0.2) is 42.3 Å². The van der Waals surface area contributed by atoms with Gasteiger partial charge in [-0.05, 0) is 17.5 Å². The smallest absolute Gasteiger partial charge is 0.340 e.